The van der Waals surface area contributed by atoms with Gasteiger partial charge in [0.2, 0.25) is 10.0 Å². The normalized spacial score (nSPS) is 25.2. The number of carbonyl (C=O) groups excluding carboxylic acids is 1. The van der Waals surface area contributed by atoms with E-state index in [4.69, 9.17) is 4.74 Å². The second-order valence-electron chi connectivity index (χ2n) is 7.62. The largest absolute Gasteiger partial charge is 0.378 e. The molecule has 2 rings (SSSR count). The molecule has 146 valence electrons. The molecular weight excluding hydrogens is 344 g/mol. The molecule has 2 amide bonds. The smallest absolute Gasteiger partial charge is 0.317 e. The Labute approximate surface area is 151 Å². The highest BCUT2D eigenvalue weighted by molar-refractivity contribution is 7.89. The number of hydrogen-bond acceptors (Lipinski definition) is 5. The lowest BCUT2D eigenvalue weighted by Gasteiger charge is -2.42. The van der Waals surface area contributed by atoms with Gasteiger partial charge in [-0.2, -0.15) is 0 Å². The maximum Gasteiger partial charge on any atom is 0.317 e. The van der Waals surface area contributed by atoms with Crippen molar-refractivity contribution in [3.05, 3.63) is 0 Å². The first-order valence-electron chi connectivity index (χ1n) is 8.91. The van der Waals surface area contributed by atoms with E-state index in [1.807, 2.05) is 0 Å². The van der Waals surface area contributed by atoms with Crippen LogP contribution in [0.4, 0.5) is 4.79 Å². The molecule has 0 radical (unpaired) electrons. The van der Waals surface area contributed by atoms with Crippen molar-refractivity contribution in [1.29, 1.82) is 0 Å². The summed E-state index contributed by atoms with van der Waals surface area (Å²) in [5.41, 5.74) is -0.0288. The second-order valence-corrected chi connectivity index (χ2v) is 10.0. The molecule has 0 spiro atoms. The van der Waals surface area contributed by atoms with Gasteiger partial charge in [-0.15, -0.1) is 0 Å². The first-order valence-corrected chi connectivity index (χ1v) is 10.4. The number of amides is 2. The number of morpholine rings is 1. The van der Waals surface area contributed by atoms with E-state index in [1.165, 1.54) is 4.31 Å². The Kier molecular flexibility index (Phi) is 6.69. The molecule has 0 aliphatic carbocycles. The Morgan fingerprint density at radius 2 is 2.04 bits per heavy atom. The summed E-state index contributed by atoms with van der Waals surface area (Å²) in [6.45, 7) is 8.70. The molecule has 0 aromatic rings. The minimum Gasteiger partial charge on any atom is -0.378 e. The van der Waals surface area contributed by atoms with Crippen molar-refractivity contribution in [2.45, 2.75) is 37.5 Å². The molecule has 1 atom stereocenters. The van der Waals surface area contributed by atoms with Crippen molar-refractivity contribution in [3.8, 4) is 0 Å². The van der Waals surface area contributed by atoms with Crippen LogP contribution >= 0.6 is 0 Å². The van der Waals surface area contributed by atoms with Crippen LogP contribution in [-0.4, -0.2) is 99.4 Å². The number of rotatable bonds is 5. The van der Waals surface area contributed by atoms with E-state index < -0.39 is 15.3 Å². The highest BCUT2D eigenvalue weighted by Crippen LogP contribution is 2.20. The van der Waals surface area contributed by atoms with E-state index in [0.29, 0.717) is 39.1 Å². The minimum atomic E-state index is -3.33. The number of carbonyl (C=O) groups is 1. The van der Waals surface area contributed by atoms with Crippen molar-refractivity contribution in [2.24, 2.45) is 0 Å². The number of sulfonamides is 1. The number of hydrogen-bond donors (Lipinski definition) is 1. The second kappa shape index (κ2) is 8.20. The molecule has 2 saturated heterocycles. The average molecular weight is 377 g/mol. The number of nitrogens with one attached hydrogen (secondary N) is 1. The van der Waals surface area contributed by atoms with Gasteiger partial charge in [-0.05, 0) is 26.7 Å². The van der Waals surface area contributed by atoms with Crippen molar-refractivity contribution < 1.29 is 17.9 Å². The number of urea groups is 1. The number of likely N-dealkylation sites (tertiary alicyclic amines) is 1. The highest BCUT2D eigenvalue weighted by Gasteiger charge is 2.34. The van der Waals surface area contributed by atoms with Gasteiger partial charge in [-0.1, -0.05) is 0 Å². The van der Waals surface area contributed by atoms with Gasteiger partial charge >= 0.3 is 6.03 Å². The lowest BCUT2D eigenvalue weighted by molar-refractivity contribution is -0.0498. The summed E-state index contributed by atoms with van der Waals surface area (Å²) in [5, 5.41) is 2.42. The van der Waals surface area contributed by atoms with Gasteiger partial charge in [0.1, 0.15) is 0 Å². The van der Waals surface area contributed by atoms with Crippen LogP contribution in [-0.2, 0) is 14.8 Å². The van der Waals surface area contributed by atoms with Gasteiger partial charge in [0.15, 0.2) is 0 Å². The summed E-state index contributed by atoms with van der Waals surface area (Å²) < 4.78 is 31.3. The van der Waals surface area contributed by atoms with Crippen molar-refractivity contribution >= 4 is 16.1 Å². The molecular formula is C16H32N4O4S. The molecule has 1 unspecified atom stereocenters. The fourth-order valence-electron chi connectivity index (χ4n) is 3.38. The zero-order valence-electron chi connectivity index (χ0n) is 15.8. The average Bonchev–Trinajstić information content (AvgIpc) is 2.56. The van der Waals surface area contributed by atoms with Crippen molar-refractivity contribution in [1.82, 2.24) is 19.4 Å². The van der Waals surface area contributed by atoms with Crippen LogP contribution in [0, 0.1) is 0 Å². The van der Waals surface area contributed by atoms with Crippen LogP contribution in [0.3, 0.4) is 0 Å². The first-order chi connectivity index (χ1) is 11.6. The summed E-state index contributed by atoms with van der Waals surface area (Å²) >= 11 is 0. The fraction of sp³-hybridized carbons (Fsp3) is 0.938. The topological polar surface area (TPSA) is 82.2 Å². The van der Waals surface area contributed by atoms with Crippen LogP contribution in [0.15, 0.2) is 0 Å². The van der Waals surface area contributed by atoms with Gasteiger partial charge in [0, 0.05) is 52.4 Å². The van der Waals surface area contributed by atoms with Gasteiger partial charge in [0.25, 0.3) is 0 Å². The predicted molar refractivity (Wildman–Crippen MR) is 97.1 cm³/mol. The zero-order chi connectivity index (χ0) is 18.7. The molecule has 0 aromatic carbocycles. The standard InChI is InChI=1S/C16H32N4O4S/c1-16(2)13-24-11-10-20(16)9-7-17-15(21)19-8-5-6-14(12-19)25(22,23)18(3)4/h14H,5-13H2,1-4H3,(H,17,21). The van der Waals surface area contributed by atoms with Gasteiger partial charge in [-0.3, -0.25) is 4.90 Å². The quantitative estimate of drug-likeness (QED) is 0.739. The van der Waals surface area contributed by atoms with E-state index in [-0.39, 0.29) is 18.1 Å². The molecule has 0 aromatic heterocycles. The van der Waals surface area contributed by atoms with Crippen LogP contribution in [0.25, 0.3) is 0 Å². The monoisotopic (exact) mass is 376 g/mol. The third-order valence-corrected chi connectivity index (χ3v) is 7.32. The van der Waals surface area contributed by atoms with E-state index in [1.54, 1.807) is 19.0 Å². The zero-order valence-corrected chi connectivity index (χ0v) is 16.6. The molecule has 25 heavy (non-hydrogen) atoms. The Morgan fingerprint density at radius 3 is 2.68 bits per heavy atom. The Balaban J connectivity index is 1.82. The van der Waals surface area contributed by atoms with Crippen LogP contribution < -0.4 is 5.32 Å². The third-order valence-electron chi connectivity index (χ3n) is 5.07. The van der Waals surface area contributed by atoms with E-state index >= 15 is 0 Å². The van der Waals surface area contributed by atoms with Gasteiger partial charge in [-0.25, -0.2) is 17.5 Å². The minimum absolute atomic E-state index is 0.0288. The predicted octanol–water partition coefficient (Wildman–Crippen LogP) is 0.163. The molecule has 2 aliphatic heterocycles. The molecule has 2 aliphatic rings. The maximum absolute atomic E-state index is 12.4. The van der Waals surface area contributed by atoms with Crippen LogP contribution in [0.2, 0.25) is 0 Å². The molecule has 1 N–H and O–H groups in total. The van der Waals surface area contributed by atoms with Gasteiger partial charge in [0.05, 0.1) is 18.5 Å². The van der Waals surface area contributed by atoms with E-state index in [2.05, 4.69) is 24.1 Å². The molecule has 2 heterocycles. The van der Waals surface area contributed by atoms with E-state index in [0.717, 1.165) is 13.1 Å². The molecule has 8 nitrogen and oxygen atoms in total. The summed E-state index contributed by atoms with van der Waals surface area (Å²) in [6.07, 6.45) is 1.31. The number of piperidine rings is 1. The highest BCUT2D eigenvalue weighted by atomic mass is 32.2. The Bertz CT molecular complexity index is 564. The molecule has 2 fully saturated rings. The first kappa shape index (κ1) is 20.4. The van der Waals surface area contributed by atoms with Crippen molar-refractivity contribution in [3.63, 3.8) is 0 Å². The van der Waals surface area contributed by atoms with Crippen LogP contribution in [0.5, 0.6) is 0 Å². The lowest BCUT2D eigenvalue weighted by atomic mass is 10.0. The maximum atomic E-state index is 12.4. The summed E-state index contributed by atoms with van der Waals surface area (Å²) in [5.74, 6) is 0. The van der Waals surface area contributed by atoms with Crippen molar-refractivity contribution in [2.75, 3.05) is 60.0 Å². The number of nitrogens with zero attached hydrogens (tertiary/aromatic N) is 3. The lowest BCUT2D eigenvalue weighted by Crippen LogP contribution is -2.56. The summed E-state index contributed by atoms with van der Waals surface area (Å²) in [7, 11) is -0.250. The molecule has 0 saturated carbocycles. The summed E-state index contributed by atoms with van der Waals surface area (Å²) in [4.78, 5) is 16.3. The van der Waals surface area contributed by atoms with Gasteiger partial charge < -0.3 is 15.0 Å². The Morgan fingerprint density at radius 1 is 1.32 bits per heavy atom. The molecule has 9 heteroatoms. The third kappa shape index (κ3) is 5.06. The Hall–Kier alpha value is -0.900. The number of ether oxygens (including phenoxy) is 1. The van der Waals surface area contributed by atoms with Crippen LogP contribution in [0.1, 0.15) is 26.7 Å². The van der Waals surface area contributed by atoms with E-state index in [9.17, 15) is 13.2 Å². The molecule has 0 bridgehead atoms. The fourth-order valence-corrected chi connectivity index (χ4v) is 4.81. The SMILES string of the molecule is CN(C)S(=O)(=O)C1CCCN(C(=O)NCCN2CCOCC2(C)C)C1. The summed E-state index contributed by atoms with van der Waals surface area (Å²) in [6, 6.07) is -0.176.